The van der Waals surface area contributed by atoms with E-state index in [4.69, 9.17) is 0 Å². The van der Waals surface area contributed by atoms with Crippen molar-refractivity contribution in [2.75, 3.05) is 11.1 Å². The van der Waals surface area contributed by atoms with Crippen LogP contribution in [0.2, 0.25) is 0 Å². The number of benzene rings is 1. The predicted molar refractivity (Wildman–Crippen MR) is 88.3 cm³/mol. The maximum absolute atomic E-state index is 12.3. The van der Waals surface area contributed by atoms with Crippen molar-refractivity contribution in [1.82, 2.24) is 15.5 Å². The van der Waals surface area contributed by atoms with Crippen LogP contribution in [0.15, 0.2) is 34.7 Å². The average Bonchev–Trinajstić information content (AvgIpc) is 2.97. The lowest BCUT2D eigenvalue weighted by Gasteiger charge is -2.10. The predicted octanol–water partition coefficient (Wildman–Crippen LogP) is 2.41. The lowest BCUT2D eigenvalue weighted by Crippen LogP contribution is -2.31. The summed E-state index contributed by atoms with van der Waals surface area (Å²) in [7, 11) is 0. The normalized spacial score (nSPS) is 10.5. The van der Waals surface area contributed by atoms with Crippen molar-refractivity contribution in [3.05, 3.63) is 35.3 Å². The van der Waals surface area contributed by atoms with Crippen molar-refractivity contribution in [3.8, 4) is 0 Å². The number of thioether (sulfide) groups is 1. The molecule has 1 aromatic carbocycles. The molecule has 2 rings (SSSR count). The molecular weight excluding hydrogens is 320 g/mol. The number of carbonyl (C=O) groups is 2. The first kappa shape index (κ1) is 16.4. The highest BCUT2D eigenvalue weighted by molar-refractivity contribution is 8.00. The maximum Gasteiger partial charge on any atom is 0.258 e. The van der Waals surface area contributed by atoms with E-state index in [0.717, 1.165) is 4.90 Å². The van der Waals surface area contributed by atoms with Gasteiger partial charge in [0.2, 0.25) is 11.0 Å². The minimum Gasteiger partial charge on any atom is -0.353 e. The van der Waals surface area contributed by atoms with Gasteiger partial charge in [-0.15, -0.1) is 22.0 Å². The van der Waals surface area contributed by atoms with Gasteiger partial charge in [0.25, 0.3) is 5.91 Å². The molecule has 0 saturated carbocycles. The van der Waals surface area contributed by atoms with Crippen molar-refractivity contribution in [3.63, 3.8) is 0 Å². The number of hydrogen-bond acceptors (Lipinski definition) is 6. The topological polar surface area (TPSA) is 84.0 Å². The third kappa shape index (κ3) is 4.81. The van der Waals surface area contributed by atoms with Gasteiger partial charge in [0.1, 0.15) is 5.51 Å². The highest BCUT2D eigenvalue weighted by Gasteiger charge is 2.14. The summed E-state index contributed by atoms with van der Waals surface area (Å²) < 4.78 is 0. The zero-order valence-electron chi connectivity index (χ0n) is 12.2. The van der Waals surface area contributed by atoms with Crippen LogP contribution in [0.25, 0.3) is 0 Å². The van der Waals surface area contributed by atoms with E-state index in [1.807, 2.05) is 26.0 Å². The van der Waals surface area contributed by atoms with Crippen molar-refractivity contribution in [1.29, 1.82) is 0 Å². The lowest BCUT2D eigenvalue weighted by atomic mass is 10.2. The Kier molecular flexibility index (Phi) is 5.91. The van der Waals surface area contributed by atoms with Crippen LogP contribution in [0.1, 0.15) is 24.2 Å². The smallest absolute Gasteiger partial charge is 0.258 e. The number of nitrogens with zero attached hydrogens (tertiary/aromatic N) is 2. The zero-order valence-corrected chi connectivity index (χ0v) is 13.8. The summed E-state index contributed by atoms with van der Waals surface area (Å²) in [5, 5.41) is 13.4. The second-order valence-electron chi connectivity index (χ2n) is 4.71. The van der Waals surface area contributed by atoms with E-state index in [-0.39, 0.29) is 23.6 Å². The number of nitrogens with one attached hydrogen (secondary N) is 2. The molecule has 0 aliphatic carbocycles. The molecule has 0 atom stereocenters. The van der Waals surface area contributed by atoms with Crippen molar-refractivity contribution < 1.29 is 9.59 Å². The van der Waals surface area contributed by atoms with Crippen LogP contribution in [0.3, 0.4) is 0 Å². The number of carbonyl (C=O) groups excluding carboxylic acids is 2. The molecule has 6 nitrogen and oxygen atoms in total. The van der Waals surface area contributed by atoms with Gasteiger partial charge in [-0.2, -0.15) is 0 Å². The van der Waals surface area contributed by atoms with Crippen molar-refractivity contribution in [2.45, 2.75) is 24.8 Å². The van der Waals surface area contributed by atoms with Crippen LogP contribution in [0.5, 0.6) is 0 Å². The van der Waals surface area contributed by atoms with Crippen molar-refractivity contribution >= 4 is 40.0 Å². The van der Waals surface area contributed by atoms with Crippen LogP contribution >= 0.6 is 23.1 Å². The first-order valence-corrected chi connectivity index (χ1v) is 8.51. The number of rotatable bonds is 6. The summed E-state index contributed by atoms with van der Waals surface area (Å²) in [6.07, 6.45) is 0. The molecular formula is C14H16N4O2S2. The van der Waals surface area contributed by atoms with E-state index in [2.05, 4.69) is 20.8 Å². The molecule has 0 bridgehead atoms. The molecule has 22 heavy (non-hydrogen) atoms. The number of anilines is 1. The molecule has 1 heterocycles. The van der Waals surface area contributed by atoms with Gasteiger partial charge in [0.15, 0.2) is 0 Å². The fourth-order valence-corrected chi connectivity index (χ4v) is 2.98. The number of amides is 2. The molecule has 2 aromatic rings. The molecule has 0 spiro atoms. The molecule has 0 saturated heterocycles. The molecule has 0 radical (unpaired) electrons. The summed E-state index contributed by atoms with van der Waals surface area (Å²) in [4.78, 5) is 24.7. The van der Waals surface area contributed by atoms with Gasteiger partial charge in [-0.25, -0.2) is 0 Å². The van der Waals surface area contributed by atoms with E-state index in [1.54, 1.807) is 17.6 Å². The largest absolute Gasteiger partial charge is 0.353 e. The second-order valence-corrected chi connectivity index (χ2v) is 6.56. The molecule has 0 aliphatic heterocycles. The van der Waals surface area contributed by atoms with E-state index in [9.17, 15) is 9.59 Å². The highest BCUT2D eigenvalue weighted by atomic mass is 32.2. The summed E-state index contributed by atoms with van der Waals surface area (Å²) in [6.45, 7) is 3.82. The van der Waals surface area contributed by atoms with Gasteiger partial charge in [0.05, 0.1) is 11.3 Å². The SMILES string of the molecule is CC(C)NC(=O)CSc1ccccc1C(=O)Nc1nncs1. The van der Waals surface area contributed by atoms with Gasteiger partial charge >= 0.3 is 0 Å². The second kappa shape index (κ2) is 7.90. The molecule has 2 amide bonds. The Morgan fingerprint density at radius 1 is 1.32 bits per heavy atom. The third-order valence-electron chi connectivity index (χ3n) is 2.52. The molecule has 8 heteroatoms. The van der Waals surface area contributed by atoms with Gasteiger partial charge in [-0.05, 0) is 26.0 Å². The summed E-state index contributed by atoms with van der Waals surface area (Å²) in [5.41, 5.74) is 2.06. The first-order chi connectivity index (χ1) is 10.6. The standard InChI is InChI=1S/C14H16N4O2S2/c1-9(2)16-12(19)7-21-11-6-4-3-5-10(11)13(20)17-14-18-15-8-22-14/h3-6,8-9H,7H2,1-2H3,(H,16,19)(H,17,18,20). The molecule has 1 aromatic heterocycles. The Labute approximate surface area is 136 Å². The lowest BCUT2D eigenvalue weighted by molar-refractivity contribution is -0.119. The Balaban J connectivity index is 2.03. The average molecular weight is 336 g/mol. The van der Waals surface area contributed by atoms with Gasteiger partial charge < -0.3 is 5.32 Å². The van der Waals surface area contributed by atoms with Crippen LogP contribution in [0, 0.1) is 0 Å². The Morgan fingerprint density at radius 3 is 2.77 bits per heavy atom. The maximum atomic E-state index is 12.3. The van der Waals surface area contributed by atoms with Gasteiger partial charge in [-0.3, -0.25) is 14.9 Å². The van der Waals surface area contributed by atoms with E-state index in [1.165, 1.54) is 23.1 Å². The zero-order chi connectivity index (χ0) is 15.9. The molecule has 0 aliphatic rings. The minimum absolute atomic E-state index is 0.0562. The Morgan fingerprint density at radius 2 is 2.09 bits per heavy atom. The summed E-state index contributed by atoms with van der Waals surface area (Å²) in [6, 6.07) is 7.27. The van der Waals surface area contributed by atoms with Gasteiger partial charge in [0, 0.05) is 10.9 Å². The van der Waals surface area contributed by atoms with Crippen molar-refractivity contribution in [2.24, 2.45) is 0 Å². The quantitative estimate of drug-likeness (QED) is 0.792. The van der Waals surface area contributed by atoms with Crippen LogP contribution in [-0.2, 0) is 4.79 Å². The van der Waals surface area contributed by atoms with Crippen LogP contribution in [0.4, 0.5) is 5.13 Å². The summed E-state index contributed by atoms with van der Waals surface area (Å²) in [5.74, 6) is -0.0511. The van der Waals surface area contributed by atoms with E-state index in [0.29, 0.717) is 10.7 Å². The number of hydrogen-bond donors (Lipinski definition) is 2. The monoisotopic (exact) mass is 336 g/mol. The Hall–Kier alpha value is -1.93. The summed E-state index contributed by atoms with van der Waals surface area (Å²) >= 11 is 2.58. The Bertz CT molecular complexity index is 644. The number of aromatic nitrogens is 2. The molecule has 0 fully saturated rings. The molecule has 116 valence electrons. The fraction of sp³-hybridized carbons (Fsp3) is 0.286. The molecule has 0 unspecified atom stereocenters. The minimum atomic E-state index is -0.260. The third-order valence-corrected chi connectivity index (χ3v) is 4.20. The van der Waals surface area contributed by atoms with Crippen LogP contribution in [-0.4, -0.2) is 33.8 Å². The molecule has 2 N–H and O–H groups in total. The van der Waals surface area contributed by atoms with E-state index < -0.39 is 0 Å². The van der Waals surface area contributed by atoms with Gasteiger partial charge in [-0.1, -0.05) is 23.5 Å². The van der Waals surface area contributed by atoms with E-state index >= 15 is 0 Å². The van der Waals surface area contributed by atoms with Crippen LogP contribution < -0.4 is 10.6 Å². The highest BCUT2D eigenvalue weighted by Crippen LogP contribution is 2.23. The fourth-order valence-electron chi connectivity index (χ4n) is 1.68. The first-order valence-electron chi connectivity index (χ1n) is 6.65.